The Balaban J connectivity index is 1.61. The number of hydrogen-bond acceptors (Lipinski definition) is 4. The first-order valence-electron chi connectivity index (χ1n) is 6.27. The SMILES string of the molecule is Ic1cccc(Oc2ncc(CNC3CC3)cn2)c1. The van der Waals surface area contributed by atoms with Gasteiger partial charge in [-0.1, -0.05) is 6.07 Å². The quantitative estimate of drug-likeness (QED) is 0.825. The number of benzene rings is 1. The average molecular weight is 367 g/mol. The number of rotatable bonds is 5. The molecule has 0 amide bonds. The van der Waals surface area contributed by atoms with Crippen molar-refractivity contribution in [1.29, 1.82) is 0 Å². The van der Waals surface area contributed by atoms with Crippen molar-refractivity contribution in [3.8, 4) is 11.8 Å². The smallest absolute Gasteiger partial charge is 0.321 e. The fourth-order valence-electron chi connectivity index (χ4n) is 1.67. The molecule has 0 radical (unpaired) electrons. The minimum absolute atomic E-state index is 0.386. The molecule has 0 spiro atoms. The van der Waals surface area contributed by atoms with Crippen LogP contribution in [-0.4, -0.2) is 16.0 Å². The molecule has 4 nitrogen and oxygen atoms in total. The summed E-state index contributed by atoms with van der Waals surface area (Å²) in [5.41, 5.74) is 1.09. The Morgan fingerprint density at radius 1 is 1.26 bits per heavy atom. The summed E-state index contributed by atoms with van der Waals surface area (Å²) in [4.78, 5) is 8.45. The molecule has 1 N–H and O–H groups in total. The molecule has 1 aromatic heterocycles. The Kier molecular flexibility index (Phi) is 3.93. The predicted molar refractivity (Wildman–Crippen MR) is 81.1 cm³/mol. The fraction of sp³-hybridized carbons (Fsp3) is 0.286. The third-order valence-electron chi connectivity index (χ3n) is 2.86. The van der Waals surface area contributed by atoms with E-state index in [4.69, 9.17) is 4.74 Å². The first-order valence-corrected chi connectivity index (χ1v) is 7.35. The maximum Gasteiger partial charge on any atom is 0.321 e. The summed E-state index contributed by atoms with van der Waals surface area (Å²) < 4.78 is 6.73. The Bertz CT molecular complexity index is 555. The standard InChI is InChI=1S/C14H14IN3O/c15-11-2-1-3-13(6-11)19-14-17-8-10(9-18-14)7-16-12-4-5-12/h1-3,6,8-9,12,16H,4-5,7H2. The second-order valence-electron chi connectivity index (χ2n) is 4.59. The van der Waals surface area contributed by atoms with Crippen molar-refractivity contribution in [3.05, 3.63) is 45.8 Å². The molecule has 0 aliphatic heterocycles. The molecule has 0 unspecified atom stereocenters. The number of nitrogens with one attached hydrogen (secondary N) is 1. The lowest BCUT2D eigenvalue weighted by molar-refractivity contribution is 0.440. The van der Waals surface area contributed by atoms with Gasteiger partial charge in [0.05, 0.1) is 0 Å². The molecule has 19 heavy (non-hydrogen) atoms. The molecule has 1 fully saturated rings. The average Bonchev–Trinajstić information content (AvgIpc) is 3.22. The monoisotopic (exact) mass is 367 g/mol. The maximum absolute atomic E-state index is 5.60. The number of nitrogens with zero attached hydrogens (tertiary/aromatic N) is 2. The highest BCUT2D eigenvalue weighted by Gasteiger charge is 2.19. The van der Waals surface area contributed by atoms with Crippen LogP contribution in [0.15, 0.2) is 36.7 Å². The van der Waals surface area contributed by atoms with Crippen LogP contribution in [0.5, 0.6) is 11.8 Å². The summed E-state index contributed by atoms with van der Waals surface area (Å²) in [6.07, 6.45) is 6.20. The number of hydrogen-bond donors (Lipinski definition) is 1. The van der Waals surface area contributed by atoms with E-state index in [9.17, 15) is 0 Å². The van der Waals surface area contributed by atoms with Gasteiger partial charge in [0.1, 0.15) is 5.75 Å². The molecular weight excluding hydrogens is 353 g/mol. The van der Waals surface area contributed by atoms with E-state index in [1.165, 1.54) is 12.8 Å². The maximum atomic E-state index is 5.60. The van der Waals surface area contributed by atoms with E-state index in [2.05, 4.69) is 37.9 Å². The normalized spacial score (nSPS) is 14.4. The van der Waals surface area contributed by atoms with Gasteiger partial charge in [-0.15, -0.1) is 0 Å². The molecule has 2 aromatic rings. The largest absolute Gasteiger partial charge is 0.424 e. The van der Waals surface area contributed by atoms with Gasteiger partial charge in [0.2, 0.25) is 0 Å². The van der Waals surface area contributed by atoms with Crippen molar-refractivity contribution in [3.63, 3.8) is 0 Å². The molecule has 1 saturated carbocycles. The summed E-state index contributed by atoms with van der Waals surface area (Å²) in [6.45, 7) is 0.828. The van der Waals surface area contributed by atoms with Gasteiger partial charge in [0, 0.05) is 34.1 Å². The van der Waals surface area contributed by atoms with E-state index < -0.39 is 0 Å². The Hall–Kier alpha value is -1.21. The molecule has 0 atom stereocenters. The molecule has 1 aromatic carbocycles. The number of aromatic nitrogens is 2. The van der Waals surface area contributed by atoms with Crippen molar-refractivity contribution in [1.82, 2.24) is 15.3 Å². The summed E-state index contributed by atoms with van der Waals surface area (Å²) in [6, 6.07) is 8.89. The van der Waals surface area contributed by atoms with E-state index in [1.54, 1.807) is 0 Å². The second kappa shape index (κ2) is 5.83. The molecule has 5 heteroatoms. The van der Waals surface area contributed by atoms with E-state index in [-0.39, 0.29) is 0 Å². The molecule has 3 rings (SSSR count). The summed E-state index contributed by atoms with van der Waals surface area (Å²) >= 11 is 2.25. The highest BCUT2D eigenvalue weighted by molar-refractivity contribution is 14.1. The molecular formula is C14H14IN3O. The van der Waals surface area contributed by atoms with E-state index in [0.717, 1.165) is 21.4 Å². The Morgan fingerprint density at radius 2 is 2.05 bits per heavy atom. The zero-order chi connectivity index (χ0) is 13.1. The van der Waals surface area contributed by atoms with Gasteiger partial charge in [-0.2, -0.15) is 0 Å². The van der Waals surface area contributed by atoms with Crippen LogP contribution in [0.1, 0.15) is 18.4 Å². The van der Waals surface area contributed by atoms with Crippen LogP contribution in [0.2, 0.25) is 0 Å². The lowest BCUT2D eigenvalue weighted by Crippen LogP contribution is -2.15. The van der Waals surface area contributed by atoms with Crippen molar-refractivity contribution >= 4 is 22.6 Å². The summed E-state index contributed by atoms with van der Waals surface area (Å²) in [5, 5.41) is 3.43. The first-order chi connectivity index (χ1) is 9.29. The van der Waals surface area contributed by atoms with Crippen LogP contribution in [0.25, 0.3) is 0 Å². The van der Waals surface area contributed by atoms with Crippen molar-refractivity contribution in [2.45, 2.75) is 25.4 Å². The lowest BCUT2D eigenvalue weighted by atomic mass is 10.3. The van der Waals surface area contributed by atoms with Crippen molar-refractivity contribution in [2.24, 2.45) is 0 Å². The third kappa shape index (κ3) is 3.87. The second-order valence-corrected chi connectivity index (χ2v) is 5.83. The Morgan fingerprint density at radius 3 is 2.74 bits per heavy atom. The highest BCUT2D eigenvalue weighted by Crippen LogP contribution is 2.21. The number of ether oxygens (including phenoxy) is 1. The molecule has 98 valence electrons. The van der Waals surface area contributed by atoms with Gasteiger partial charge in [0.25, 0.3) is 0 Å². The van der Waals surface area contributed by atoms with E-state index >= 15 is 0 Å². The van der Waals surface area contributed by atoms with Gasteiger partial charge in [-0.25, -0.2) is 9.97 Å². The van der Waals surface area contributed by atoms with Gasteiger partial charge in [0.15, 0.2) is 0 Å². The fourth-order valence-corrected chi connectivity index (χ4v) is 2.19. The van der Waals surface area contributed by atoms with E-state index in [1.807, 2.05) is 36.7 Å². The zero-order valence-corrected chi connectivity index (χ0v) is 12.5. The van der Waals surface area contributed by atoms with Crippen LogP contribution < -0.4 is 10.1 Å². The van der Waals surface area contributed by atoms with Gasteiger partial charge in [-0.3, -0.25) is 0 Å². The zero-order valence-electron chi connectivity index (χ0n) is 10.3. The predicted octanol–water partition coefficient (Wildman–Crippen LogP) is 3.13. The molecule has 1 aliphatic carbocycles. The van der Waals surface area contributed by atoms with Crippen LogP contribution in [0.4, 0.5) is 0 Å². The van der Waals surface area contributed by atoms with Gasteiger partial charge < -0.3 is 10.1 Å². The van der Waals surface area contributed by atoms with Crippen molar-refractivity contribution in [2.75, 3.05) is 0 Å². The highest BCUT2D eigenvalue weighted by atomic mass is 127. The molecule has 1 heterocycles. The van der Waals surface area contributed by atoms with Crippen LogP contribution in [0, 0.1) is 3.57 Å². The lowest BCUT2D eigenvalue weighted by Gasteiger charge is -2.05. The van der Waals surface area contributed by atoms with Crippen LogP contribution in [-0.2, 0) is 6.54 Å². The van der Waals surface area contributed by atoms with Gasteiger partial charge >= 0.3 is 6.01 Å². The third-order valence-corrected chi connectivity index (χ3v) is 3.53. The van der Waals surface area contributed by atoms with E-state index in [0.29, 0.717) is 12.1 Å². The molecule has 0 saturated heterocycles. The van der Waals surface area contributed by atoms with Gasteiger partial charge in [-0.05, 0) is 53.6 Å². The summed E-state index contributed by atoms with van der Waals surface area (Å²) in [7, 11) is 0. The number of halogens is 1. The minimum atomic E-state index is 0.386. The van der Waals surface area contributed by atoms with Crippen LogP contribution >= 0.6 is 22.6 Å². The Labute approximate surface area is 125 Å². The topological polar surface area (TPSA) is 47.0 Å². The summed E-state index contributed by atoms with van der Waals surface area (Å²) in [5.74, 6) is 0.760. The first kappa shape index (κ1) is 12.8. The minimum Gasteiger partial charge on any atom is -0.424 e. The molecule has 0 bridgehead atoms. The van der Waals surface area contributed by atoms with Crippen molar-refractivity contribution < 1.29 is 4.74 Å². The van der Waals surface area contributed by atoms with Crippen LogP contribution in [0.3, 0.4) is 0 Å². The molecule has 1 aliphatic rings.